The standard InChI is InChI=1S/C13H21ClN2O/c1-16(7-3-2-4-8-17)10-11-5-6-12(14)13(15)9-11/h5-6,9,17H,2-4,7-8,10,15H2,1H3. The molecule has 0 fully saturated rings. The second-order valence-corrected chi connectivity index (χ2v) is 4.79. The van der Waals surface area contributed by atoms with Gasteiger partial charge in [0.25, 0.3) is 0 Å². The van der Waals surface area contributed by atoms with Gasteiger partial charge in [-0.1, -0.05) is 17.7 Å². The quantitative estimate of drug-likeness (QED) is 0.582. The van der Waals surface area contributed by atoms with Gasteiger partial charge in [0.1, 0.15) is 0 Å². The smallest absolute Gasteiger partial charge is 0.0635 e. The van der Waals surface area contributed by atoms with Gasteiger partial charge in [-0.05, 0) is 50.6 Å². The molecule has 3 N–H and O–H groups in total. The lowest BCUT2D eigenvalue weighted by Crippen LogP contribution is -2.19. The highest BCUT2D eigenvalue weighted by Crippen LogP contribution is 2.20. The van der Waals surface area contributed by atoms with E-state index in [1.807, 2.05) is 18.2 Å². The van der Waals surface area contributed by atoms with Crippen LogP contribution in [-0.2, 0) is 6.54 Å². The van der Waals surface area contributed by atoms with Crippen molar-refractivity contribution in [2.75, 3.05) is 25.9 Å². The van der Waals surface area contributed by atoms with Gasteiger partial charge in [0, 0.05) is 13.2 Å². The Hall–Kier alpha value is -0.770. The van der Waals surface area contributed by atoms with E-state index >= 15 is 0 Å². The maximum atomic E-state index is 8.68. The van der Waals surface area contributed by atoms with Crippen LogP contribution in [0.4, 0.5) is 5.69 Å². The molecule has 96 valence electrons. The van der Waals surface area contributed by atoms with Crippen LogP contribution in [0, 0.1) is 0 Å². The molecule has 0 radical (unpaired) electrons. The molecule has 0 unspecified atom stereocenters. The summed E-state index contributed by atoms with van der Waals surface area (Å²) in [5, 5.41) is 9.29. The Morgan fingerprint density at radius 1 is 1.29 bits per heavy atom. The number of halogens is 1. The first-order chi connectivity index (χ1) is 8.13. The van der Waals surface area contributed by atoms with Crippen molar-refractivity contribution in [2.45, 2.75) is 25.8 Å². The fraction of sp³-hybridized carbons (Fsp3) is 0.538. The molecule has 0 aliphatic heterocycles. The number of nitrogens with zero attached hydrogens (tertiary/aromatic N) is 1. The van der Waals surface area contributed by atoms with E-state index in [4.69, 9.17) is 22.4 Å². The van der Waals surface area contributed by atoms with E-state index in [1.54, 1.807) is 0 Å². The number of unbranched alkanes of at least 4 members (excludes halogenated alkanes) is 2. The summed E-state index contributed by atoms with van der Waals surface area (Å²) in [6.45, 7) is 2.19. The number of rotatable bonds is 7. The van der Waals surface area contributed by atoms with Crippen LogP contribution < -0.4 is 5.73 Å². The van der Waals surface area contributed by atoms with Gasteiger partial charge in [-0.2, -0.15) is 0 Å². The van der Waals surface area contributed by atoms with Gasteiger partial charge in [-0.3, -0.25) is 0 Å². The Bertz CT molecular complexity index is 344. The maximum Gasteiger partial charge on any atom is 0.0635 e. The Kier molecular flexibility index (Phi) is 6.34. The second kappa shape index (κ2) is 7.54. The van der Waals surface area contributed by atoms with Crippen molar-refractivity contribution in [3.05, 3.63) is 28.8 Å². The van der Waals surface area contributed by atoms with Crippen LogP contribution >= 0.6 is 11.6 Å². The third kappa shape index (κ3) is 5.39. The molecule has 17 heavy (non-hydrogen) atoms. The topological polar surface area (TPSA) is 49.5 Å². The molecular weight excluding hydrogens is 236 g/mol. The Labute approximate surface area is 108 Å². The Morgan fingerprint density at radius 2 is 2.06 bits per heavy atom. The van der Waals surface area contributed by atoms with Gasteiger partial charge in [0.2, 0.25) is 0 Å². The van der Waals surface area contributed by atoms with Crippen LogP contribution in [0.25, 0.3) is 0 Å². The molecular formula is C13H21ClN2O. The zero-order valence-corrected chi connectivity index (χ0v) is 11.1. The molecule has 0 spiro atoms. The zero-order chi connectivity index (χ0) is 12.7. The molecule has 0 saturated heterocycles. The predicted octanol–water partition coefficient (Wildman–Crippen LogP) is 2.52. The molecule has 1 aromatic carbocycles. The first-order valence-electron chi connectivity index (χ1n) is 5.97. The number of aliphatic hydroxyl groups excluding tert-OH is 1. The average Bonchev–Trinajstić information content (AvgIpc) is 2.30. The van der Waals surface area contributed by atoms with Gasteiger partial charge in [-0.25, -0.2) is 0 Å². The second-order valence-electron chi connectivity index (χ2n) is 4.38. The predicted molar refractivity (Wildman–Crippen MR) is 73.1 cm³/mol. The van der Waals surface area contributed by atoms with Crippen LogP contribution in [0.15, 0.2) is 18.2 Å². The number of anilines is 1. The summed E-state index contributed by atoms with van der Waals surface area (Å²) in [6, 6.07) is 5.77. The highest BCUT2D eigenvalue weighted by Gasteiger charge is 2.02. The molecule has 0 aromatic heterocycles. The summed E-state index contributed by atoms with van der Waals surface area (Å²) >= 11 is 5.87. The first kappa shape index (κ1) is 14.3. The highest BCUT2D eigenvalue weighted by molar-refractivity contribution is 6.33. The van der Waals surface area contributed by atoms with Crippen LogP contribution in [0.3, 0.4) is 0 Å². The van der Waals surface area contributed by atoms with Crippen molar-refractivity contribution in [1.29, 1.82) is 0 Å². The van der Waals surface area contributed by atoms with Crippen molar-refractivity contribution < 1.29 is 5.11 Å². The van der Waals surface area contributed by atoms with E-state index in [9.17, 15) is 0 Å². The van der Waals surface area contributed by atoms with Crippen molar-refractivity contribution >= 4 is 17.3 Å². The summed E-state index contributed by atoms with van der Waals surface area (Å²) in [5.74, 6) is 0. The third-order valence-corrected chi connectivity index (χ3v) is 3.06. The molecule has 1 rings (SSSR count). The van der Waals surface area contributed by atoms with Gasteiger partial charge < -0.3 is 15.7 Å². The van der Waals surface area contributed by atoms with Crippen molar-refractivity contribution in [3.8, 4) is 0 Å². The van der Waals surface area contributed by atoms with Crippen LogP contribution in [0.5, 0.6) is 0 Å². The average molecular weight is 257 g/mol. The highest BCUT2D eigenvalue weighted by atomic mass is 35.5. The number of benzene rings is 1. The summed E-state index contributed by atoms with van der Waals surface area (Å²) in [5.41, 5.74) is 7.57. The van der Waals surface area contributed by atoms with Gasteiger partial charge in [0.15, 0.2) is 0 Å². The molecule has 0 saturated carbocycles. The monoisotopic (exact) mass is 256 g/mol. The number of hydrogen-bond donors (Lipinski definition) is 2. The van der Waals surface area contributed by atoms with Gasteiger partial charge in [-0.15, -0.1) is 0 Å². The fourth-order valence-corrected chi connectivity index (χ4v) is 1.87. The lowest BCUT2D eigenvalue weighted by Gasteiger charge is -2.16. The molecule has 0 bridgehead atoms. The van der Waals surface area contributed by atoms with Gasteiger partial charge in [0.05, 0.1) is 10.7 Å². The minimum Gasteiger partial charge on any atom is -0.398 e. The van der Waals surface area contributed by atoms with Crippen LogP contribution in [-0.4, -0.2) is 30.2 Å². The molecule has 4 heteroatoms. The summed E-state index contributed by atoms with van der Waals surface area (Å²) in [6.07, 6.45) is 3.07. The van der Waals surface area contributed by atoms with Crippen molar-refractivity contribution in [3.63, 3.8) is 0 Å². The van der Waals surface area contributed by atoms with E-state index in [-0.39, 0.29) is 6.61 Å². The van der Waals surface area contributed by atoms with E-state index < -0.39 is 0 Å². The van der Waals surface area contributed by atoms with E-state index in [0.29, 0.717) is 10.7 Å². The molecule has 0 heterocycles. The Balaban J connectivity index is 2.34. The molecule has 0 aliphatic rings. The minimum atomic E-state index is 0.289. The first-order valence-corrected chi connectivity index (χ1v) is 6.34. The Morgan fingerprint density at radius 3 is 2.71 bits per heavy atom. The number of aliphatic hydroxyl groups is 1. The van der Waals surface area contributed by atoms with Crippen LogP contribution in [0.1, 0.15) is 24.8 Å². The minimum absolute atomic E-state index is 0.289. The van der Waals surface area contributed by atoms with Crippen molar-refractivity contribution in [2.24, 2.45) is 0 Å². The summed E-state index contributed by atoms with van der Waals surface area (Å²) in [7, 11) is 2.09. The zero-order valence-electron chi connectivity index (χ0n) is 10.3. The normalized spacial score (nSPS) is 11.1. The third-order valence-electron chi connectivity index (χ3n) is 2.71. The molecule has 1 aromatic rings. The molecule has 3 nitrogen and oxygen atoms in total. The van der Waals surface area contributed by atoms with Gasteiger partial charge >= 0.3 is 0 Å². The number of hydrogen-bond acceptors (Lipinski definition) is 3. The van der Waals surface area contributed by atoms with E-state index in [0.717, 1.165) is 32.4 Å². The number of nitrogen functional groups attached to an aromatic ring is 1. The lowest BCUT2D eigenvalue weighted by atomic mass is 10.2. The molecule has 0 amide bonds. The maximum absolute atomic E-state index is 8.68. The van der Waals surface area contributed by atoms with Crippen LogP contribution in [0.2, 0.25) is 5.02 Å². The van der Waals surface area contributed by atoms with Crippen molar-refractivity contribution in [1.82, 2.24) is 4.90 Å². The van der Waals surface area contributed by atoms with E-state index in [2.05, 4.69) is 11.9 Å². The largest absolute Gasteiger partial charge is 0.398 e. The SMILES string of the molecule is CN(CCCCCO)Cc1ccc(Cl)c(N)c1. The summed E-state index contributed by atoms with van der Waals surface area (Å²) in [4.78, 5) is 2.25. The number of nitrogens with two attached hydrogens (primary N) is 1. The lowest BCUT2D eigenvalue weighted by molar-refractivity contribution is 0.271. The van der Waals surface area contributed by atoms with E-state index in [1.165, 1.54) is 5.56 Å². The fourth-order valence-electron chi connectivity index (χ4n) is 1.75. The molecule has 0 atom stereocenters. The summed E-state index contributed by atoms with van der Waals surface area (Å²) < 4.78 is 0. The molecule has 0 aliphatic carbocycles.